The molecule has 0 bridgehead atoms. The first-order valence-corrected chi connectivity index (χ1v) is 16.7. The van der Waals surface area contributed by atoms with E-state index in [2.05, 4.69) is 31.1 Å². The molecule has 0 aliphatic rings. The molecule has 0 unspecified atom stereocenters. The first-order valence-electron chi connectivity index (χ1n) is 9.23. The van der Waals surface area contributed by atoms with Gasteiger partial charge in [-0.15, -0.1) is 0 Å². The summed E-state index contributed by atoms with van der Waals surface area (Å²) in [4.78, 5) is 11.9. The normalized spacial score (nSPS) is 11.7. The third kappa shape index (κ3) is 6.08. The van der Waals surface area contributed by atoms with Gasteiger partial charge >= 0.3 is 145 Å². The molecule has 1 aromatic rings. The summed E-state index contributed by atoms with van der Waals surface area (Å²) in [6.45, 7) is 8.94. The van der Waals surface area contributed by atoms with Gasteiger partial charge in [0.15, 0.2) is 0 Å². The van der Waals surface area contributed by atoms with Gasteiger partial charge in [0, 0.05) is 0 Å². The van der Waals surface area contributed by atoms with Gasteiger partial charge in [0.05, 0.1) is 0 Å². The number of carbonyl (C=O) groups excluding carboxylic acids is 1. The van der Waals surface area contributed by atoms with Gasteiger partial charge in [-0.05, 0) is 0 Å². The molecule has 0 N–H and O–H groups in total. The number of nitrogens with zero attached hydrogens (tertiary/aromatic N) is 3. The zero-order valence-corrected chi connectivity index (χ0v) is 18.2. The summed E-state index contributed by atoms with van der Waals surface area (Å²) >= 11 is -2.57. The van der Waals surface area contributed by atoms with E-state index in [9.17, 15) is 4.79 Å². The van der Waals surface area contributed by atoms with Gasteiger partial charge in [-0.2, -0.15) is 0 Å². The van der Waals surface area contributed by atoms with E-state index < -0.39 is 24.5 Å². The minimum absolute atomic E-state index is 0.365. The molecule has 1 rings (SSSR count). The second-order valence-corrected chi connectivity index (χ2v) is 19.4. The maximum atomic E-state index is 11.9. The van der Waals surface area contributed by atoms with Crippen molar-refractivity contribution in [2.75, 3.05) is 6.61 Å². The van der Waals surface area contributed by atoms with Gasteiger partial charge in [0.1, 0.15) is 0 Å². The Labute approximate surface area is 145 Å². The summed E-state index contributed by atoms with van der Waals surface area (Å²) in [5, 5.41) is 8.53. The van der Waals surface area contributed by atoms with Crippen molar-refractivity contribution in [3.8, 4) is 0 Å². The monoisotopic (exact) mass is 431 g/mol. The number of unbranched alkanes of at least 4 members (excludes halogenated alkanes) is 3. The predicted octanol–water partition coefficient (Wildman–Crippen LogP) is 4.34. The van der Waals surface area contributed by atoms with Gasteiger partial charge in [-0.3, -0.25) is 0 Å². The van der Waals surface area contributed by atoms with Crippen LogP contribution in [0.3, 0.4) is 0 Å². The van der Waals surface area contributed by atoms with Crippen molar-refractivity contribution >= 4 is 28.2 Å². The summed E-state index contributed by atoms with van der Waals surface area (Å²) in [5.41, 5.74) is 0. The second kappa shape index (κ2) is 11.0. The van der Waals surface area contributed by atoms with Crippen molar-refractivity contribution in [3.05, 3.63) is 6.20 Å². The molecule has 0 spiro atoms. The SMILES string of the molecule is CCC[CH2][Sn]([CH2]CCC)([CH2]CCC)[c]1cn(C(=O)OCC)nn1. The van der Waals surface area contributed by atoms with Gasteiger partial charge < -0.3 is 0 Å². The molecular weight excluding hydrogens is 397 g/mol. The third-order valence-corrected chi connectivity index (χ3v) is 19.5. The van der Waals surface area contributed by atoms with E-state index in [-0.39, 0.29) is 0 Å². The molecule has 6 heteroatoms. The fraction of sp³-hybridized carbons (Fsp3) is 0.824. The zero-order valence-electron chi connectivity index (χ0n) is 15.3. The van der Waals surface area contributed by atoms with E-state index in [0.717, 1.165) is 0 Å². The number of aromatic nitrogens is 3. The predicted molar refractivity (Wildman–Crippen MR) is 97.0 cm³/mol. The first-order chi connectivity index (χ1) is 11.1. The zero-order chi connectivity index (χ0) is 17.1. The van der Waals surface area contributed by atoms with Crippen LogP contribution in [-0.4, -0.2) is 46.1 Å². The molecule has 132 valence electrons. The Kier molecular flexibility index (Phi) is 9.83. The van der Waals surface area contributed by atoms with E-state index in [1.165, 1.54) is 60.2 Å². The Balaban J connectivity index is 3.06. The molecular formula is C17H33N3O2Sn. The molecule has 0 aliphatic heterocycles. The average Bonchev–Trinajstić information content (AvgIpc) is 3.05. The van der Waals surface area contributed by atoms with Crippen molar-refractivity contribution < 1.29 is 9.53 Å². The van der Waals surface area contributed by atoms with Crippen molar-refractivity contribution in [1.29, 1.82) is 0 Å². The van der Waals surface area contributed by atoms with Crippen LogP contribution in [0.4, 0.5) is 4.79 Å². The van der Waals surface area contributed by atoms with Gasteiger partial charge in [-0.25, -0.2) is 0 Å². The fourth-order valence-electron chi connectivity index (χ4n) is 3.09. The van der Waals surface area contributed by atoms with Crippen molar-refractivity contribution in [1.82, 2.24) is 15.0 Å². The minimum atomic E-state index is -2.57. The third-order valence-electron chi connectivity index (χ3n) is 4.52. The molecule has 0 saturated heterocycles. The molecule has 0 radical (unpaired) electrons. The van der Waals surface area contributed by atoms with E-state index >= 15 is 0 Å². The van der Waals surface area contributed by atoms with Gasteiger partial charge in [0.25, 0.3) is 0 Å². The van der Waals surface area contributed by atoms with Crippen LogP contribution in [0.25, 0.3) is 0 Å². The molecule has 1 heterocycles. The summed E-state index contributed by atoms with van der Waals surface area (Å²) in [6, 6.07) is 0. The van der Waals surface area contributed by atoms with Crippen LogP contribution in [0.15, 0.2) is 6.20 Å². The van der Waals surface area contributed by atoms with Crippen molar-refractivity contribution in [2.45, 2.75) is 79.5 Å². The van der Waals surface area contributed by atoms with Crippen molar-refractivity contribution in [2.24, 2.45) is 0 Å². The van der Waals surface area contributed by atoms with E-state index in [1.807, 2.05) is 13.1 Å². The number of hydrogen-bond acceptors (Lipinski definition) is 4. The second-order valence-electron chi connectivity index (χ2n) is 6.34. The van der Waals surface area contributed by atoms with E-state index in [1.54, 1.807) is 0 Å². The Morgan fingerprint density at radius 2 is 1.57 bits per heavy atom. The number of ether oxygens (including phenoxy) is 1. The standard InChI is InChI=1S/C5H6N3O2.3C4H9.Sn/c1-2-10-5(9)8-4-3-6-7-8;3*1-3-4-2;/h4H,2H2,1H3;3*1,3-4H2,2H3;. The Bertz CT molecular complexity index is 441. The first kappa shape index (κ1) is 20.5. The molecule has 1 aromatic heterocycles. The average molecular weight is 430 g/mol. The molecule has 23 heavy (non-hydrogen) atoms. The summed E-state index contributed by atoms with van der Waals surface area (Å²) in [7, 11) is 0. The molecule has 0 atom stereocenters. The molecule has 0 fully saturated rings. The molecule has 0 saturated carbocycles. The van der Waals surface area contributed by atoms with Crippen molar-refractivity contribution in [3.63, 3.8) is 0 Å². The van der Waals surface area contributed by atoms with Gasteiger partial charge in [-0.1, -0.05) is 0 Å². The number of hydrogen-bond donors (Lipinski definition) is 0. The number of carbonyl (C=O) groups is 1. The molecule has 0 amide bonds. The quantitative estimate of drug-likeness (QED) is 0.491. The summed E-state index contributed by atoms with van der Waals surface area (Å²) in [5.74, 6) is 0. The van der Waals surface area contributed by atoms with Crippen LogP contribution >= 0.6 is 0 Å². The Morgan fingerprint density at radius 1 is 1.04 bits per heavy atom. The fourth-order valence-corrected chi connectivity index (χ4v) is 18.1. The van der Waals surface area contributed by atoms with Gasteiger partial charge in [0.2, 0.25) is 0 Å². The van der Waals surface area contributed by atoms with Crippen LogP contribution in [0.5, 0.6) is 0 Å². The molecule has 0 aliphatic carbocycles. The molecule has 5 nitrogen and oxygen atoms in total. The van der Waals surface area contributed by atoms with Crippen LogP contribution in [-0.2, 0) is 4.74 Å². The van der Waals surface area contributed by atoms with Crippen LogP contribution < -0.4 is 3.71 Å². The Morgan fingerprint density at radius 3 is 2.00 bits per heavy atom. The Hall–Kier alpha value is -0.591. The summed E-state index contributed by atoms with van der Waals surface area (Å²) < 4.78 is 11.5. The van der Waals surface area contributed by atoms with Crippen LogP contribution in [0.2, 0.25) is 13.3 Å². The van der Waals surface area contributed by atoms with E-state index in [0.29, 0.717) is 6.61 Å². The van der Waals surface area contributed by atoms with Crippen LogP contribution in [0, 0.1) is 0 Å². The molecule has 0 aromatic carbocycles. The van der Waals surface area contributed by atoms with Crippen LogP contribution in [0.1, 0.15) is 66.2 Å². The number of rotatable bonds is 11. The topological polar surface area (TPSA) is 57.0 Å². The maximum absolute atomic E-state index is 11.9. The summed E-state index contributed by atoms with van der Waals surface area (Å²) in [6.07, 6.45) is 8.97. The van der Waals surface area contributed by atoms with E-state index in [4.69, 9.17) is 4.74 Å².